The van der Waals surface area contributed by atoms with Gasteiger partial charge < -0.3 is 14.5 Å². The highest BCUT2D eigenvalue weighted by Crippen LogP contribution is 2.17. The second-order valence-electron chi connectivity index (χ2n) is 6.05. The summed E-state index contributed by atoms with van der Waals surface area (Å²) in [5.41, 5.74) is 1.07. The molecule has 1 amide bonds. The number of ether oxygens (including phenoxy) is 1. The summed E-state index contributed by atoms with van der Waals surface area (Å²) >= 11 is 0. The molecular weight excluding hydrogens is 297 g/mol. The van der Waals surface area contributed by atoms with Crippen molar-refractivity contribution in [3.8, 4) is 0 Å². The second-order valence-corrected chi connectivity index (χ2v) is 6.05. The number of hydrogen-bond acceptors (Lipinski definition) is 4. The zero-order valence-electron chi connectivity index (χ0n) is 13.4. The van der Waals surface area contributed by atoms with Crippen molar-refractivity contribution >= 4 is 11.6 Å². The maximum atomic E-state index is 13.0. The Morgan fingerprint density at radius 1 is 1.00 bits per heavy atom. The number of nitrogens with zero attached hydrogens (tertiary/aromatic N) is 3. The van der Waals surface area contributed by atoms with Crippen LogP contribution in [0, 0.1) is 5.82 Å². The van der Waals surface area contributed by atoms with Gasteiger partial charge in [-0.3, -0.25) is 9.69 Å². The van der Waals surface area contributed by atoms with E-state index in [1.807, 2.05) is 17.0 Å². The highest BCUT2D eigenvalue weighted by atomic mass is 19.1. The average molecular weight is 321 g/mol. The zero-order chi connectivity index (χ0) is 16.1. The molecule has 6 heteroatoms. The first-order valence-corrected chi connectivity index (χ1v) is 8.31. The third kappa shape index (κ3) is 4.42. The van der Waals surface area contributed by atoms with E-state index < -0.39 is 0 Å². The lowest BCUT2D eigenvalue weighted by Gasteiger charge is -2.36. The number of halogens is 1. The van der Waals surface area contributed by atoms with Crippen molar-refractivity contribution in [1.82, 2.24) is 9.80 Å². The van der Waals surface area contributed by atoms with Crippen LogP contribution in [0.15, 0.2) is 24.3 Å². The minimum absolute atomic E-state index is 0.200. The van der Waals surface area contributed by atoms with Crippen molar-refractivity contribution in [2.75, 3.05) is 63.9 Å². The first kappa shape index (κ1) is 16.2. The molecule has 0 spiro atoms. The lowest BCUT2D eigenvalue weighted by molar-refractivity contribution is -0.135. The van der Waals surface area contributed by atoms with E-state index in [2.05, 4.69) is 9.80 Å². The molecule has 2 aliphatic rings. The van der Waals surface area contributed by atoms with Crippen LogP contribution in [0.25, 0.3) is 0 Å². The monoisotopic (exact) mass is 321 g/mol. The number of morpholine rings is 1. The van der Waals surface area contributed by atoms with Crippen molar-refractivity contribution in [2.24, 2.45) is 0 Å². The molecule has 2 heterocycles. The highest BCUT2D eigenvalue weighted by molar-refractivity contribution is 5.76. The molecule has 0 radical (unpaired) electrons. The Bertz CT molecular complexity index is 509. The Hall–Kier alpha value is -1.66. The summed E-state index contributed by atoms with van der Waals surface area (Å²) in [4.78, 5) is 18.7. The average Bonchev–Trinajstić information content (AvgIpc) is 2.61. The third-order valence-electron chi connectivity index (χ3n) is 4.57. The maximum Gasteiger partial charge on any atom is 0.224 e. The van der Waals surface area contributed by atoms with Crippen molar-refractivity contribution in [2.45, 2.75) is 6.42 Å². The van der Waals surface area contributed by atoms with Crippen LogP contribution in [0.3, 0.4) is 0 Å². The van der Waals surface area contributed by atoms with E-state index in [1.54, 1.807) is 0 Å². The van der Waals surface area contributed by atoms with Crippen molar-refractivity contribution in [3.63, 3.8) is 0 Å². The fourth-order valence-corrected chi connectivity index (χ4v) is 3.11. The van der Waals surface area contributed by atoms with Crippen LogP contribution in [0.5, 0.6) is 0 Å². The molecule has 5 nitrogen and oxygen atoms in total. The van der Waals surface area contributed by atoms with Gasteiger partial charge in [0.05, 0.1) is 13.2 Å². The molecule has 0 unspecified atom stereocenters. The van der Waals surface area contributed by atoms with Crippen LogP contribution in [0.1, 0.15) is 6.42 Å². The number of anilines is 1. The Kier molecular flexibility index (Phi) is 5.46. The molecule has 0 bridgehead atoms. The van der Waals surface area contributed by atoms with E-state index in [9.17, 15) is 9.18 Å². The molecule has 1 aromatic carbocycles. The molecule has 0 aromatic heterocycles. The van der Waals surface area contributed by atoms with Crippen molar-refractivity contribution in [3.05, 3.63) is 30.1 Å². The van der Waals surface area contributed by atoms with Crippen LogP contribution < -0.4 is 4.90 Å². The molecule has 1 aromatic rings. The number of benzene rings is 1. The maximum absolute atomic E-state index is 13.0. The van der Waals surface area contributed by atoms with Gasteiger partial charge in [0.15, 0.2) is 0 Å². The first-order chi connectivity index (χ1) is 11.2. The van der Waals surface area contributed by atoms with Crippen LogP contribution in [0.4, 0.5) is 10.1 Å². The third-order valence-corrected chi connectivity index (χ3v) is 4.57. The van der Waals surface area contributed by atoms with Gasteiger partial charge >= 0.3 is 0 Å². The molecule has 2 aliphatic heterocycles. The number of carbonyl (C=O) groups excluding carboxylic acids is 1. The Balaban J connectivity index is 1.40. The number of rotatable bonds is 4. The van der Waals surface area contributed by atoms with E-state index in [1.165, 1.54) is 12.1 Å². The lowest BCUT2D eigenvalue weighted by atomic mass is 10.2. The van der Waals surface area contributed by atoms with Gasteiger partial charge in [0.1, 0.15) is 5.82 Å². The molecule has 0 aliphatic carbocycles. The van der Waals surface area contributed by atoms with Gasteiger partial charge in [-0.15, -0.1) is 0 Å². The van der Waals surface area contributed by atoms with Crippen LogP contribution in [-0.2, 0) is 9.53 Å². The molecule has 3 rings (SSSR count). The smallest absolute Gasteiger partial charge is 0.224 e. The highest BCUT2D eigenvalue weighted by Gasteiger charge is 2.20. The van der Waals surface area contributed by atoms with E-state index in [4.69, 9.17) is 4.74 Å². The number of carbonyl (C=O) groups is 1. The fourth-order valence-electron chi connectivity index (χ4n) is 3.11. The number of hydrogen-bond donors (Lipinski definition) is 0. The minimum atomic E-state index is -0.200. The summed E-state index contributed by atoms with van der Waals surface area (Å²) in [6.45, 7) is 7.27. The van der Waals surface area contributed by atoms with Crippen LogP contribution in [0.2, 0.25) is 0 Å². The molecule has 0 N–H and O–H groups in total. The SMILES string of the molecule is O=C(CCN1CCN(c2ccc(F)cc2)CC1)N1CCOCC1. The van der Waals surface area contributed by atoms with Gasteiger partial charge in [-0.25, -0.2) is 4.39 Å². The topological polar surface area (TPSA) is 36.0 Å². The molecule has 2 saturated heterocycles. The molecule has 0 atom stereocenters. The standard InChI is InChI=1S/C17H24FN3O2/c18-15-1-3-16(4-2-15)20-9-7-19(8-10-20)6-5-17(22)21-11-13-23-14-12-21/h1-4H,5-14H2. The summed E-state index contributed by atoms with van der Waals surface area (Å²) < 4.78 is 18.2. The minimum Gasteiger partial charge on any atom is -0.378 e. The fraction of sp³-hybridized carbons (Fsp3) is 0.588. The van der Waals surface area contributed by atoms with Gasteiger partial charge in [-0.1, -0.05) is 0 Å². The van der Waals surface area contributed by atoms with E-state index in [0.717, 1.165) is 51.5 Å². The molecule has 0 saturated carbocycles. The van der Waals surface area contributed by atoms with Gasteiger partial charge in [0.2, 0.25) is 5.91 Å². The van der Waals surface area contributed by atoms with Crippen molar-refractivity contribution in [1.29, 1.82) is 0 Å². The molecule has 23 heavy (non-hydrogen) atoms. The Labute approximate surface area is 136 Å². The predicted octanol–water partition coefficient (Wildman–Crippen LogP) is 1.20. The van der Waals surface area contributed by atoms with Gasteiger partial charge in [-0.2, -0.15) is 0 Å². The number of amides is 1. The van der Waals surface area contributed by atoms with Gasteiger partial charge in [0, 0.05) is 57.9 Å². The van der Waals surface area contributed by atoms with Gasteiger partial charge in [0.25, 0.3) is 0 Å². The Morgan fingerprint density at radius 3 is 2.30 bits per heavy atom. The van der Waals surface area contributed by atoms with Crippen LogP contribution in [-0.4, -0.2) is 74.7 Å². The van der Waals surface area contributed by atoms with Crippen LogP contribution >= 0.6 is 0 Å². The summed E-state index contributed by atoms with van der Waals surface area (Å²) in [5, 5.41) is 0. The summed E-state index contributed by atoms with van der Waals surface area (Å²) in [6.07, 6.45) is 0.580. The van der Waals surface area contributed by atoms with E-state index in [-0.39, 0.29) is 11.7 Å². The zero-order valence-corrected chi connectivity index (χ0v) is 13.4. The van der Waals surface area contributed by atoms with E-state index in [0.29, 0.717) is 19.6 Å². The summed E-state index contributed by atoms with van der Waals surface area (Å²) in [5.74, 6) is 0.0308. The first-order valence-electron chi connectivity index (χ1n) is 8.31. The Morgan fingerprint density at radius 2 is 1.65 bits per heavy atom. The predicted molar refractivity (Wildman–Crippen MR) is 87.1 cm³/mol. The summed E-state index contributed by atoms with van der Waals surface area (Å²) in [7, 11) is 0. The quantitative estimate of drug-likeness (QED) is 0.835. The summed E-state index contributed by atoms with van der Waals surface area (Å²) in [6, 6.07) is 6.66. The number of piperazine rings is 1. The van der Waals surface area contributed by atoms with Crippen molar-refractivity contribution < 1.29 is 13.9 Å². The second kappa shape index (κ2) is 7.75. The van der Waals surface area contributed by atoms with Gasteiger partial charge in [-0.05, 0) is 24.3 Å². The largest absolute Gasteiger partial charge is 0.378 e. The molecular formula is C17H24FN3O2. The molecule has 2 fully saturated rings. The lowest BCUT2D eigenvalue weighted by Crippen LogP contribution is -2.48. The normalized spacial score (nSPS) is 19.9. The molecule has 126 valence electrons. The van der Waals surface area contributed by atoms with E-state index >= 15 is 0 Å².